The summed E-state index contributed by atoms with van der Waals surface area (Å²) in [5.41, 5.74) is -0.901. The van der Waals surface area contributed by atoms with E-state index in [1.165, 1.54) is 36.5 Å². The molecule has 2 aromatic carbocycles. The highest BCUT2D eigenvalue weighted by molar-refractivity contribution is 7.92. The quantitative estimate of drug-likeness (QED) is 0.445. The summed E-state index contributed by atoms with van der Waals surface area (Å²) >= 11 is 5.90. The van der Waals surface area contributed by atoms with E-state index in [-0.39, 0.29) is 16.3 Å². The predicted molar refractivity (Wildman–Crippen MR) is 126 cm³/mol. The Hall–Kier alpha value is -3.04. The summed E-state index contributed by atoms with van der Waals surface area (Å²) in [6.45, 7) is 6.51. The first kappa shape index (κ1) is 25.6. The second-order valence-electron chi connectivity index (χ2n) is 8.73. The summed E-state index contributed by atoms with van der Waals surface area (Å²) in [4.78, 5) is 17.0. The molecule has 0 aliphatic rings. The van der Waals surface area contributed by atoms with E-state index in [1.807, 2.05) is 0 Å². The van der Waals surface area contributed by atoms with Crippen molar-refractivity contribution in [3.8, 4) is 0 Å². The first-order valence-corrected chi connectivity index (χ1v) is 12.1. The Morgan fingerprint density at radius 3 is 2.24 bits per heavy atom. The zero-order valence-corrected chi connectivity index (χ0v) is 20.5. The smallest absolute Gasteiger partial charge is 0.413 e. The number of hydrogen-bond donors (Lipinski definition) is 1. The molecule has 3 rings (SSSR count). The van der Waals surface area contributed by atoms with Crippen LogP contribution in [-0.2, 0) is 9.84 Å². The maximum absolute atomic E-state index is 15.0. The number of halogens is 3. The van der Waals surface area contributed by atoms with E-state index in [4.69, 9.17) is 11.6 Å². The number of carboxylic acid groups (broad SMARTS) is 1. The zero-order chi connectivity index (χ0) is 25.4. The number of pyridine rings is 1. The third-order valence-corrected chi connectivity index (χ3v) is 7.51. The Balaban J connectivity index is 2.35. The first-order chi connectivity index (χ1) is 15.7. The molecule has 0 radical (unpaired) electrons. The van der Waals surface area contributed by atoms with Crippen molar-refractivity contribution in [2.75, 3.05) is 4.90 Å². The van der Waals surface area contributed by atoms with Gasteiger partial charge in [-0.25, -0.2) is 27.0 Å². The normalized spacial score (nSPS) is 12.9. The first-order valence-electron chi connectivity index (χ1n) is 10.2. The van der Waals surface area contributed by atoms with Gasteiger partial charge >= 0.3 is 6.09 Å². The lowest BCUT2D eigenvalue weighted by Crippen LogP contribution is -2.45. The van der Waals surface area contributed by atoms with Crippen molar-refractivity contribution in [2.45, 2.75) is 43.4 Å². The van der Waals surface area contributed by atoms with Crippen LogP contribution in [0.2, 0.25) is 5.02 Å². The van der Waals surface area contributed by atoms with Crippen molar-refractivity contribution < 1.29 is 27.1 Å². The van der Waals surface area contributed by atoms with E-state index in [0.717, 1.165) is 23.1 Å². The van der Waals surface area contributed by atoms with Crippen LogP contribution in [0.5, 0.6) is 0 Å². The van der Waals surface area contributed by atoms with Crippen LogP contribution in [0.3, 0.4) is 0 Å². The van der Waals surface area contributed by atoms with E-state index in [1.54, 1.807) is 27.7 Å². The van der Waals surface area contributed by atoms with Crippen LogP contribution >= 0.6 is 11.6 Å². The topological polar surface area (TPSA) is 87.6 Å². The van der Waals surface area contributed by atoms with Gasteiger partial charge in [0.05, 0.1) is 4.90 Å². The zero-order valence-electron chi connectivity index (χ0n) is 18.9. The molecule has 0 saturated carbocycles. The maximum atomic E-state index is 15.0. The van der Waals surface area contributed by atoms with Gasteiger partial charge in [0, 0.05) is 22.3 Å². The van der Waals surface area contributed by atoms with Crippen molar-refractivity contribution in [3.63, 3.8) is 0 Å². The van der Waals surface area contributed by atoms with E-state index in [9.17, 15) is 27.1 Å². The number of amides is 1. The Kier molecular flexibility index (Phi) is 7.00. The largest absolute Gasteiger partial charge is 0.465 e. The summed E-state index contributed by atoms with van der Waals surface area (Å²) in [6, 6.07) is 9.17. The minimum Gasteiger partial charge on any atom is -0.465 e. The predicted octanol–water partition coefficient (Wildman–Crippen LogP) is 6.17. The van der Waals surface area contributed by atoms with Gasteiger partial charge in [0.25, 0.3) is 0 Å². The highest BCUT2D eigenvalue weighted by Gasteiger charge is 2.36. The Bertz CT molecular complexity index is 1340. The second-order valence-corrected chi connectivity index (χ2v) is 11.2. The molecule has 10 heteroatoms. The van der Waals surface area contributed by atoms with Gasteiger partial charge in [-0.3, -0.25) is 4.90 Å². The standard InChI is InChI=1S/C24H23ClF2N2O4S/c1-14-13-28-21(29(23(30)31)24(2,3)4)12-18(14)22(19-11-16(26)7-10-20(19)27)34(32,33)17-8-5-15(25)6-9-17/h5-13,22H,1-4H3,(H,30,31). The maximum Gasteiger partial charge on any atom is 0.413 e. The monoisotopic (exact) mass is 508 g/mol. The van der Waals surface area contributed by atoms with Crippen LogP contribution < -0.4 is 4.90 Å². The van der Waals surface area contributed by atoms with Gasteiger partial charge in [0.1, 0.15) is 22.7 Å². The molecule has 0 aliphatic carbocycles. The van der Waals surface area contributed by atoms with Gasteiger partial charge in [-0.2, -0.15) is 0 Å². The Morgan fingerprint density at radius 1 is 1.06 bits per heavy atom. The number of carbonyl (C=O) groups is 1. The number of nitrogens with zero attached hydrogens (tertiary/aromatic N) is 2. The summed E-state index contributed by atoms with van der Waals surface area (Å²) in [5, 5.41) is 8.39. The molecule has 0 aliphatic heterocycles. The van der Waals surface area contributed by atoms with E-state index in [2.05, 4.69) is 4.98 Å². The second kappa shape index (κ2) is 9.31. The fourth-order valence-corrected chi connectivity index (χ4v) is 5.66. The third-order valence-electron chi connectivity index (χ3n) is 5.20. The molecular formula is C24H23ClF2N2O4S. The van der Waals surface area contributed by atoms with Crippen molar-refractivity contribution >= 4 is 33.3 Å². The average Bonchev–Trinajstić information content (AvgIpc) is 2.72. The van der Waals surface area contributed by atoms with Crippen molar-refractivity contribution in [1.82, 2.24) is 4.98 Å². The molecule has 0 spiro atoms. The van der Waals surface area contributed by atoms with E-state index >= 15 is 0 Å². The molecule has 1 aromatic heterocycles. The number of sulfone groups is 1. The molecule has 0 fully saturated rings. The molecule has 0 bridgehead atoms. The van der Waals surface area contributed by atoms with Crippen LogP contribution in [-0.4, -0.2) is 30.1 Å². The summed E-state index contributed by atoms with van der Waals surface area (Å²) < 4.78 is 56.7. The molecule has 1 unspecified atom stereocenters. The molecule has 180 valence electrons. The van der Waals surface area contributed by atoms with E-state index < -0.39 is 43.9 Å². The highest BCUT2D eigenvalue weighted by atomic mass is 35.5. The van der Waals surface area contributed by atoms with Crippen LogP contribution in [0.4, 0.5) is 19.4 Å². The van der Waals surface area contributed by atoms with Gasteiger partial charge in [0.2, 0.25) is 0 Å². The van der Waals surface area contributed by atoms with Crippen molar-refractivity contribution in [1.29, 1.82) is 0 Å². The fraction of sp³-hybridized carbons (Fsp3) is 0.250. The molecule has 34 heavy (non-hydrogen) atoms. The third kappa shape index (κ3) is 5.05. The van der Waals surface area contributed by atoms with Gasteiger partial charge in [-0.1, -0.05) is 11.6 Å². The molecule has 1 N–H and O–H groups in total. The Morgan fingerprint density at radius 2 is 1.68 bits per heavy atom. The number of aryl methyl sites for hydroxylation is 1. The molecule has 1 heterocycles. The summed E-state index contributed by atoms with van der Waals surface area (Å²) in [6.07, 6.45) is 0.0114. The fourth-order valence-electron chi connectivity index (χ4n) is 3.64. The minimum absolute atomic E-state index is 0.0475. The molecule has 0 saturated heterocycles. The van der Waals surface area contributed by atoms with Crippen LogP contribution in [0.25, 0.3) is 0 Å². The molecule has 1 amide bonds. The van der Waals surface area contributed by atoms with Gasteiger partial charge in [-0.15, -0.1) is 0 Å². The van der Waals surface area contributed by atoms with Gasteiger partial charge in [-0.05, 0) is 87.4 Å². The molecule has 6 nitrogen and oxygen atoms in total. The van der Waals surface area contributed by atoms with Crippen LogP contribution in [0.1, 0.15) is 42.7 Å². The SMILES string of the molecule is Cc1cnc(N(C(=O)O)C(C)(C)C)cc1C(c1cc(F)ccc1F)S(=O)(=O)c1ccc(Cl)cc1. The van der Waals surface area contributed by atoms with Crippen molar-refractivity contribution in [2.24, 2.45) is 0 Å². The minimum atomic E-state index is -4.34. The molecule has 1 atom stereocenters. The molecule has 3 aromatic rings. The number of aromatic nitrogens is 1. The average molecular weight is 509 g/mol. The van der Waals surface area contributed by atoms with Crippen LogP contribution in [0.15, 0.2) is 59.6 Å². The number of rotatable bonds is 5. The highest BCUT2D eigenvalue weighted by Crippen LogP contribution is 2.40. The summed E-state index contributed by atoms with van der Waals surface area (Å²) in [5.74, 6) is -1.79. The number of anilines is 1. The Labute approximate surface area is 201 Å². The lowest BCUT2D eigenvalue weighted by Gasteiger charge is -2.33. The van der Waals surface area contributed by atoms with E-state index in [0.29, 0.717) is 10.6 Å². The van der Waals surface area contributed by atoms with Gasteiger partial charge in [0.15, 0.2) is 9.84 Å². The summed E-state index contributed by atoms with van der Waals surface area (Å²) in [7, 11) is -4.34. The number of benzene rings is 2. The van der Waals surface area contributed by atoms with Gasteiger partial charge < -0.3 is 5.11 Å². The molecular weight excluding hydrogens is 486 g/mol. The lowest BCUT2D eigenvalue weighted by molar-refractivity contribution is 0.195. The van der Waals surface area contributed by atoms with Crippen LogP contribution in [0, 0.1) is 18.6 Å². The lowest BCUT2D eigenvalue weighted by atomic mass is 9.99. The van der Waals surface area contributed by atoms with Crippen molar-refractivity contribution in [3.05, 3.63) is 88.1 Å². The number of hydrogen-bond acceptors (Lipinski definition) is 4.